The van der Waals surface area contributed by atoms with Crippen LogP contribution in [0.5, 0.6) is 0 Å². The van der Waals surface area contributed by atoms with Crippen LogP contribution in [0.4, 0.5) is 10.7 Å². The molecule has 2 aliphatic rings. The van der Waals surface area contributed by atoms with Gasteiger partial charge in [-0.15, -0.1) is 0 Å². The van der Waals surface area contributed by atoms with E-state index in [9.17, 15) is 4.79 Å². The van der Waals surface area contributed by atoms with E-state index in [0.717, 1.165) is 42.6 Å². The van der Waals surface area contributed by atoms with E-state index in [4.69, 9.17) is 16.2 Å². The molecule has 1 saturated carbocycles. The lowest BCUT2D eigenvalue weighted by molar-refractivity contribution is -0.0496. The van der Waals surface area contributed by atoms with Gasteiger partial charge in [0.2, 0.25) is 5.95 Å². The molecule has 126 valence electrons. The second-order valence-electron chi connectivity index (χ2n) is 6.99. The van der Waals surface area contributed by atoms with Crippen LogP contribution in [0.2, 0.25) is 0 Å². The summed E-state index contributed by atoms with van der Waals surface area (Å²) >= 11 is 0. The molecule has 0 spiro atoms. The summed E-state index contributed by atoms with van der Waals surface area (Å²) in [5.41, 5.74) is 13.0. The Balaban J connectivity index is 2.19. The third-order valence-electron chi connectivity index (χ3n) is 5.35. The van der Waals surface area contributed by atoms with E-state index in [1.54, 1.807) is 12.0 Å². The molecular weight excluding hydrogens is 294 g/mol. The number of methoxy groups -OCH3 is 1. The molecule has 2 amide bonds. The molecule has 0 bridgehead atoms. The first-order valence-corrected chi connectivity index (χ1v) is 8.11. The lowest BCUT2D eigenvalue weighted by Crippen LogP contribution is -2.45. The number of aromatic nitrogens is 2. The number of nitrogens with zero attached hydrogens (tertiary/aromatic N) is 3. The van der Waals surface area contributed by atoms with Crippen LogP contribution in [0, 0.1) is 0 Å². The third-order valence-corrected chi connectivity index (χ3v) is 5.35. The van der Waals surface area contributed by atoms with Crippen LogP contribution >= 0.6 is 0 Å². The van der Waals surface area contributed by atoms with Crippen LogP contribution < -0.4 is 11.5 Å². The van der Waals surface area contributed by atoms with Crippen molar-refractivity contribution in [2.75, 3.05) is 12.8 Å². The zero-order chi connectivity index (χ0) is 16.8. The first-order chi connectivity index (χ1) is 10.8. The second-order valence-corrected chi connectivity index (χ2v) is 6.99. The van der Waals surface area contributed by atoms with Gasteiger partial charge in [-0.25, -0.2) is 14.8 Å². The molecule has 1 aromatic rings. The number of rotatable bonds is 2. The largest absolute Gasteiger partial charge is 0.372 e. The van der Waals surface area contributed by atoms with Crippen LogP contribution in [-0.4, -0.2) is 28.0 Å². The van der Waals surface area contributed by atoms with Crippen LogP contribution in [0.25, 0.3) is 0 Å². The Morgan fingerprint density at radius 1 is 1.22 bits per heavy atom. The number of hydrogen-bond acceptors (Lipinski definition) is 5. The van der Waals surface area contributed by atoms with Gasteiger partial charge in [-0.2, -0.15) is 0 Å². The second kappa shape index (κ2) is 5.33. The SMILES string of the molecule is COC1(c2nc(N)nc3c2C(C)(C)N(C(N)=O)C3)CCCCC1. The number of carbonyl (C=O) groups excluding carboxylic acids is 1. The Morgan fingerprint density at radius 2 is 1.87 bits per heavy atom. The Bertz CT molecular complexity index is 638. The molecule has 1 fully saturated rings. The number of nitrogen functional groups attached to an aromatic ring is 1. The van der Waals surface area contributed by atoms with Crippen LogP contribution in [0.15, 0.2) is 0 Å². The molecule has 0 radical (unpaired) electrons. The van der Waals surface area contributed by atoms with Gasteiger partial charge in [0.15, 0.2) is 0 Å². The summed E-state index contributed by atoms with van der Waals surface area (Å²) < 4.78 is 5.95. The minimum absolute atomic E-state index is 0.225. The number of ether oxygens (including phenoxy) is 1. The first kappa shape index (κ1) is 16.0. The van der Waals surface area contributed by atoms with Crippen molar-refractivity contribution in [1.82, 2.24) is 14.9 Å². The standard InChI is InChI=1S/C16H25N5O2/c1-15(2)11-10(9-21(15)14(18)22)19-13(17)20-12(11)16(23-3)7-5-4-6-8-16/h4-9H2,1-3H3,(H2,18,22)(H2,17,19,20). The van der Waals surface area contributed by atoms with Gasteiger partial charge in [0.1, 0.15) is 5.60 Å². The maximum Gasteiger partial charge on any atom is 0.315 e. The van der Waals surface area contributed by atoms with Gasteiger partial charge in [0, 0.05) is 12.7 Å². The molecule has 0 saturated heterocycles. The summed E-state index contributed by atoms with van der Waals surface area (Å²) in [6, 6.07) is -0.465. The minimum atomic E-state index is -0.576. The molecule has 1 aromatic heterocycles. The third kappa shape index (κ3) is 2.34. The highest BCUT2D eigenvalue weighted by atomic mass is 16.5. The van der Waals surface area contributed by atoms with Gasteiger partial charge in [0.25, 0.3) is 0 Å². The van der Waals surface area contributed by atoms with Gasteiger partial charge in [-0.1, -0.05) is 19.3 Å². The zero-order valence-electron chi connectivity index (χ0n) is 14.1. The predicted octanol–water partition coefficient (Wildman–Crippen LogP) is 1.99. The molecule has 7 heteroatoms. The Labute approximate surface area is 136 Å². The number of fused-ring (bicyclic) bond motifs is 1. The van der Waals surface area contributed by atoms with Crippen molar-refractivity contribution in [3.05, 3.63) is 17.0 Å². The fraction of sp³-hybridized carbons (Fsp3) is 0.688. The maximum absolute atomic E-state index is 11.8. The summed E-state index contributed by atoms with van der Waals surface area (Å²) in [6.45, 7) is 4.30. The van der Waals surface area contributed by atoms with Crippen molar-refractivity contribution in [3.8, 4) is 0 Å². The summed E-state index contributed by atoms with van der Waals surface area (Å²) in [4.78, 5) is 22.4. The van der Waals surface area contributed by atoms with Gasteiger partial charge < -0.3 is 21.1 Å². The summed E-state index contributed by atoms with van der Waals surface area (Å²) in [6.07, 6.45) is 5.18. The molecule has 0 aromatic carbocycles. The van der Waals surface area contributed by atoms with Gasteiger partial charge >= 0.3 is 6.03 Å². The van der Waals surface area contributed by atoms with Crippen molar-refractivity contribution in [3.63, 3.8) is 0 Å². The smallest absolute Gasteiger partial charge is 0.315 e. The molecule has 3 rings (SSSR count). The Hall–Kier alpha value is -1.89. The molecular formula is C16H25N5O2. The molecule has 23 heavy (non-hydrogen) atoms. The van der Waals surface area contributed by atoms with Crippen molar-refractivity contribution >= 4 is 12.0 Å². The summed E-state index contributed by atoms with van der Waals surface area (Å²) in [5, 5.41) is 0. The fourth-order valence-corrected chi connectivity index (χ4v) is 4.11. The topological polar surface area (TPSA) is 107 Å². The van der Waals surface area contributed by atoms with E-state index in [2.05, 4.69) is 9.97 Å². The average molecular weight is 319 g/mol. The average Bonchev–Trinajstić information content (AvgIpc) is 2.78. The van der Waals surface area contributed by atoms with Crippen molar-refractivity contribution < 1.29 is 9.53 Å². The van der Waals surface area contributed by atoms with Crippen molar-refractivity contribution in [2.24, 2.45) is 5.73 Å². The molecule has 7 nitrogen and oxygen atoms in total. The van der Waals surface area contributed by atoms with E-state index in [0.29, 0.717) is 6.54 Å². The normalized spacial score (nSPS) is 22.0. The summed E-state index contributed by atoms with van der Waals surface area (Å²) in [5.74, 6) is 0.225. The van der Waals surface area contributed by atoms with Crippen molar-refractivity contribution in [2.45, 2.75) is 63.6 Å². The van der Waals surface area contributed by atoms with Crippen molar-refractivity contribution in [1.29, 1.82) is 0 Å². The number of anilines is 1. The number of urea groups is 1. The molecule has 4 N–H and O–H groups in total. The molecule has 1 aliphatic carbocycles. The molecule has 0 unspecified atom stereocenters. The highest BCUT2D eigenvalue weighted by Gasteiger charge is 2.48. The molecule has 0 atom stereocenters. The quantitative estimate of drug-likeness (QED) is 0.867. The zero-order valence-corrected chi connectivity index (χ0v) is 14.1. The number of hydrogen-bond donors (Lipinski definition) is 2. The molecule has 1 aliphatic heterocycles. The highest BCUT2D eigenvalue weighted by molar-refractivity contribution is 5.74. The number of primary amides is 1. The lowest BCUT2D eigenvalue weighted by Gasteiger charge is -2.39. The summed E-state index contributed by atoms with van der Waals surface area (Å²) in [7, 11) is 1.73. The fourth-order valence-electron chi connectivity index (χ4n) is 4.11. The van der Waals surface area contributed by atoms with Gasteiger partial charge in [-0.05, 0) is 26.7 Å². The number of carbonyl (C=O) groups is 1. The van der Waals surface area contributed by atoms with Crippen LogP contribution in [-0.2, 0) is 22.4 Å². The van der Waals surface area contributed by atoms with E-state index < -0.39 is 17.2 Å². The molecule has 2 heterocycles. The van der Waals surface area contributed by atoms with Crippen LogP contribution in [0.3, 0.4) is 0 Å². The van der Waals surface area contributed by atoms with Crippen LogP contribution in [0.1, 0.15) is 62.9 Å². The first-order valence-electron chi connectivity index (χ1n) is 8.11. The monoisotopic (exact) mass is 319 g/mol. The van der Waals surface area contributed by atoms with E-state index >= 15 is 0 Å². The highest BCUT2D eigenvalue weighted by Crippen LogP contribution is 2.47. The number of nitrogens with two attached hydrogens (primary N) is 2. The van der Waals surface area contributed by atoms with Gasteiger partial charge in [0.05, 0.1) is 23.5 Å². The predicted molar refractivity (Wildman–Crippen MR) is 86.4 cm³/mol. The van der Waals surface area contributed by atoms with E-state index in [-0.39, 0.29) is 5.95 Å². The lowest BCUT2D eigenvalue weighted by atomic mass is 9.77. The van der Waals surface area contributed by atoms with Gasteiger partial charge in [-0.3, -0.25) is 0 Å². The number of amides is 2. The Kier molecular flexibility index (Phi) is 3.71. The minimum Gasteiger partial charge on any atom is -0.372 e. The maximum atomic E-state index is 11.8. The Morgan fingerprint density at radius 3 is 2.43 bits per heavy atom. The van der Waals surface area contributed by atoms with E-state index in [1.165, 1.54) is 6.42 Å². The van der Waals surface area contributed by atoms with E-state index in [1.807, 2.05) is 13.8 Å².